The number of hydrogen-bond acceptors (Lipinski definition) is 4. The van der Waals surface area contributed by atoms with Crippen LogP contribution in [-0.2, 0) is 4.74 Å². The number of nitrogens with zero attached hydrogens (tertiary/aromatic N) is 2. The van der Waals surface area contributed by atoms with E-state index in [9.17, 15) is 4.79 Å². The maximum atomic E-state index is 12.8. The molecule has 1 saturated carbocycles. The first-order valence-electron chi connectivity index (χ1n) is 7.28. The Morgan fingerprint density at radius 3 is 3.10 bits per heavy atom. The van der Waals surface area contributed by atoms with Gasteiger partial charge in [0.25, 0.3) is 5.91 Å². The number of fused-ring (bicyclic) bond motifs is 1. The Balaban J connectivity index is 1.86. The Hall–Kier alpha value is -1.62. The van der Waals surface area contributed by atoms with Gasteiger partial charge in [-0.2, -0.15) is 0 Å². The van der Waals surface area contributed by atoms with Crippen LogP contribution in [0.5, 0.6) is 0 Å². The quantitative estimate of drug-likeness (QED) is 0.894. The van der Waals surface area contributed by atoms with Gasteiger partial charge in [0.15, 0.2) is 0 Å². The fourth-order valence-corrected chi connectivity index (χ4v) is 3.26. The molecule has 3 rings (SSSR count). The summed E-state index contributed by atoms with van der Waals surface area (Å²) in [5.41, 5.74) is 1.57. The second kappa shape index (κ2) is 5.40. The van der Waals surface area contributed by atoms with E-state index >= 15 is 0 Å². The average Bonchev–Trinajstić information content (AvgIpc) is 2.94. The van der Waals surface area contributed by atoms with Crippen molar-refractivity contribution in [3.63, 3.8) is 0 Å². The normalized spacial score (nSPS) is 25.4. The van der Waals surface area contributed by atoms with Gasteiger partial charge in [-0.25, -0.2) is 4.98 Å². The third kappa shape index (κ3) is 2.38. The lowest BCUT2D eigenvalue weighted by Crippen LogP contribution is -2.51. The van der Waals surface area contributed by atoms with Crippen LogP contribution in [0.15, 0.2) is 12.1 Å². The zero-order valence-corrected chi connectivity index (χ0v) is 12.1. The summed E-state index contributed by atoms with van der Waals surface area (Å²) in [5.74, 6) is 0.844. The highest BCUT2D eigenvalue weighted by molar-refractivity contribution is 5.95. The van der Waals surface area contributed by atoms with E-state index < -0.39 is 0 Å². The first-order valence-corrected chi connectivity index (χ1v) is 7.28. The summed E-state index contributed by atoms with van der Waals surface area (Å²) in [6.45, 7) is 3.25. The molecular formula is C15H21N3O2. The number of aromatic nitrogens is 1. The number of amides is 1. The van der Waals surface area contributed by atoms with Gasteiger partial charge in [0.2, 0.25) is 0 Å². The van der Waals surface area contributed by atoms with Gasteiger partial charge in [0, 0.05) is 24.8 Å². The van der Waals surface area contributed by atoms with Crippen LogP contribution in [0.2, 0.25) is 0 Å². The van der Waals surface area contributed by atoms with Crippen molar-refractivity contribution in [2.45, 2.75) is 38.3 Å². The number of hydrogen-bond donors (Lipinski definition) is 1. The number of anilines is 1. The van der Waals surface area contributed by atoms with Crippen molar-refractivity contribution in [2.24, 2.45) is 0 Å². The topological polar surface area (TPSA) is 54.5 Å². The minimum atomic E-state index is 0.104. The van der Waals surface area contributed by atoms with Crippen molar-refractivity contribution in [3.8, 4) is 0 Å². The number of rotatable bonds is 2. The molecule has 1 saturated heterocycles. The van der Waals surface area contributed by atoms with Crippen molar-refractivity contribution in [1.82, 2.24) is 9.88 Å². The molecule has 1 N–H and O–H groups in total. The molecule has 0 radical (unpaired) electrons. The molecule has 108 valence electrons. The fourth-order valence-electron chi connectivity index (χ4n) is 3.26. The second-order valence-corrected chi connectivity index (χ2v) is 5.54. The Bertz CT molecular complexity index is 518. The van der Waals surface area contributed by atoms with Crippen LogP contribution < -0.4 is 5.32 Å². The molecule has 5 nitrogen and oxygen atoms in total. The Morgan fingerprint density at radius 2 is 2.30 bits per heavy atom. The maximum Gasteiger partial charge on any atom is 0.254 e. The fraction of sp³-hybridized carbons (Fsp3) is 0.600. The first kappa shape index (κ1) is 13.4. The summed E-state index contributed by atoms with van der Waals surface area (Å²) in [7, 11) is 1.82. The lowest BCUT2D eigenvalue weighted by Gasteiger charge is -2.37. The van der Waals surface area contributed by atoms with E-state index in [4.69, 9.17) is 4.74 Å². The molecule has 1 amide bonds. The Morgan fingerprint density at radius 1 is 1.45 bits per heavy atom. The van der Waals surface area contributed by atoms with E-state index in [1.54, 1.807) is 0 Å². The lowest BCUT2D eigenvalue weighted by molar-refractivity contribution is -0.0445. The molecule has 2 aliphatic rings. The van der Waals surface area contributed by atoms with Crippen molar-refractivity contribution in [3.05, 3.63) is 23.4 Å². The number of nitrogens with one attached hydrogen (secondary N) is 1. The van der Waals surface area contributed by atoms with Crippen LogP contribution in [0.25, 0.3) is 0 Å². The third-order valence-electron chi connectivity index (χ3n) is 4.20. The van der Waals surface area contributed by atoms with Crippen molar-refractivity contribution < 1.29 is 9.53 Å². The maximum absolute atomic E-state index is 12.8. The number of ether oxygens (including phenoxy) is 1. The van der Waals surface area contributed by atoms with Crippen molar-refractivity contribution >= 4 is 11.7 Å². The predicted molar refractivity (Wildman–Crippen MR) is 76.9 cm³/mol. The molecular weight excluding hydrogens is 254 g/mol. The standard InChI is InChI=1S/C15H21N3O2/c1-10-8-11(9-14(16-2)17-10)15(19)18-6-7-20-13-5-3-4-12(13)18/h8-9,12-13H,3-7H2,1-2H3,(H,16,17). The monoisotopic (exact) mass is 275 g/mol. The molecule has 1 aromatic heterocycles. The number of aryl methyl sites for hydroxylation is 1. The van der Waals surface area contributed by atoms with Crippen LogP contribution in [0, 0.1) is 6.92 Å². The van der Waals surface area contributed by atoms with Gasteiger partial charge >= 0.3 is 0 Å². The molecule has 1 aliphatic carbocycles. The van der Waals surface area contributed by atoms with Gasteiger partial charge in [-0.15, -0.1) is 0 Å². The summed E-state index contributed by atoms with van der Waals surface area (Å²) in [5, 5.41) is 3.01. The van der Waals surface area contributed by atoms with Crippen LogP contribution in [-0.4, -0.2) is 48.1 Å². The molecule has 1 aliphatic heterocycles. The van der Waals surface area contributed by atoms with E-state index in [2.05, 4.69) is 10.3 Å². The molecule has 5 heteroatoms. The minimum absolute atomic E-state index is 0.104. The average molecular weight is 275 g/mol. The van der Waals surface area contributed by atoms with Gasteiger partial charge in [0.1, 0.15) is 5.82 Å². The van der Waals surface area contributed by atoms with Gasteiger partial charge in [-0.05, 0) is 38.3 Å². The number of carbonyl (C=O) groups excluding carboxylic acids is 1. The zero-order valence-electron chi connectivity index (χ0n) is 12.1. The number of pyridine rings is 1. The highest BCUT2D eigenvalue weighted by atomic mass is 16.5. The summed E-state index contributed by atoms with van der Waals surface area (Å²) >= 11 is 0. The summed E-state index contributed by atoms with van der Waals surface area (Å²) < 4.78 is 5.77. The second-order valence-electron chi connectivity index (χ2n) is 5.54. The van der Waals surface area contributed by atoms with Gasteiger partial charge < -0.3 is 15.0 Å². The molecule has 20 heavy (non-hydrogen) atoms. The smallest absolute Gasteiger partial charge is 0.254 e. The van der Waals surface area contributed by atoms with Crippen LogP contribution in [0.3, 0.4) is 0 Å². The molecule has 0 bridgehead atoms. The van der Waals surface area contributed by atoms with Gasteiger partial charge in [0.05, 0.1) is 18.8 Å². The third-order valence-corrected chi connectivity index (χ3v) is 4.20. The number of carbonyl (C=O) groups is 1. The highest BCUT2D eigenvalue weighted by Crippen LogP contribution is 2.30. The summed E-state index contributed by atoms with van der Waals surface area (Å²) in [6, 6.07) is 3.94. The SMILES string of the molecule is CNc1cc(C(=O)N2CCOC3CCCC32)cc(C)n1. The molecule has 1 aromatic rings. The van der Waals surface area contributed by atoms with E-state index in [1.165, 1.54) is 0 Å². The van der Waals surface area contributed by atoms with E-state index in [0.717, 1.165) is 36.3 Å². The van der Waals surface area contributed by atoms with Gasteiger partial charge in [-0.3, -0.25) is 4.79 Å². The Labute approximate surface area is 119 Å². The largest absolute Gasteiger partial charge is 0.374 e. The molecule has 0 aromatic carbocycles. The van der Waals surface area contributed by atoms with Crippen molar-refractivity contribution in [2.75, 3.05) is 25.5 Å². The van der Waals surface area contributed by atoms with E-state index in [1.807, 2.05) is 31.0 Å². The minimum Gasteiger partial charge on any atom is -0.374 e. The van der Waals surface area contributed by atoms with Crippen molar-refractivity contribution in [1.29, 1.82) is 0 Å². The zero-order chi connectivity index (χ0) is 14.1. The first-order chi connectivity index (χ1) is 9.69. The molecule has 2 atom stereocenters. The highest BCUT2D eigenvalue weighted by Gasteiger charge is 2.38. The number of morpholine rings is 1. The molecule has 2 unspecified atom stereocenters. The molecule has 2 heterocycles. The summed E-state index contributed by atoms with van der Waals surface area (Å²) in [6.07, 6.45) is 3.51. The summed E-state index contributed by atoms with van der Waals surface area (Å²) in [4.78, 5) is 19.1. The Kier molecular flexibility index (Phi) is 3.61. The van der Waals surface area contributed by atoms with Gasteiger partial charge in [-0.1, -0.05) is 0 Å². The molecule has 0 spiro atoms. The van der Waals surface area contributed by atoms with Crippen LogP contribution >= 0.6 is 0 Å². The van der Waals surface area contributed by atoms with E-state index in [-0.39, 0.29) is 18.1 Å². The van der Waals surface area contributed by atoms with E-state index in [0.29, 0.717) is 13.2 Å². The van der Waals surface area contributed by atoms with Crippen LogP contribution in [0.1, 0.15) is 35.3 Å². The molecule has 2 fully saturated rings. The lowest BCUT2D eigenvalue weighted by atomic mass is 10.1. The van der Waals surface area contributed by atoms with Crippen LogP contribution in [0.4, 0.5) is 5.82 Å². The predicted octanol–water partition coefficient (Wildman–Crippen LogP) is 1.83.